The third-order valence-corrected chi connectivity index (χ3v) is 3.39. The van der Waals surface area contributed by atoms with E-state index in [1.54, 1.807) is 6.92 Å². The van der Waals surface area contributed by atoms with E-state index in [-0.39, 0.29) is 5.91 Å². The number of carbonyl (C=O) groups excluding carboxylic acids is 1. The van der Waals surface area contributed by atoms with Crippen LogP contribution in [0.2, 0.25) is 0 Å². The summed E-state index contributed by atoms with van der Waals surface area (Å²) in [6, 6.07) is 0.401. The molecule has 1 amide bonds. The summed E-state index contributed by atoms with van der Waals surface area (Å²) in [6.07, 6.45) is 3.54. The van der Waals surface area contributed by atoms with E-state index >= 15 is 0 Å². The monoisotopic (exact) mass is 227 g/mol. The van der Waals surface area contributed by atoms with E-state index in [4.69, 9.17) is 5.73 Å². The molecule has 1 aliphatic rings. The first kappa shape index (κ1) is 13.5. The molecule has 1 fully saturated rings. The van der Waals surface area contributed by atoms with Crippen molar-refractivity contribution >= 4 is 5.91 Å². The van der Waals surface area contributed by atoms with Crippen LogP contribution in [-0.4, -0.2) is 54.5 Å². The summed E-state index contributed by atoms with van der Waals surface area (Å²) in [5, 5.41) is 0. The number of likely N-dealkylation sites (tertiary alicyclic amines) is 1. The lowest BCUT2D eigenvalue weighted by Gasteiger charge is -2.38. The summed E-state index contributed by atoms with van der Waals surface area (Å²) in [6.45, 7) is 8.38. The lowest BCUT2D eigenvalue weighted by Crippen LogP contribution is -2.49. The van der Waals surface area contributed by atoms with Gasteiger partial charge in [-0.25, -0.2) is 0 Å². The number of amides is 1. The smallest absolute Gasteiger partial charge is 0.219 e. The molecule has 1 heterocycles. The minimum Gasteiger partial charge on any atom is -0.339 e. The summed E-state index contributed by atoms with van der Waals surface area (Å²) in [4.78, 5) is 15.9. The Kier molecular flexibility index (Phi) is 5.77. The Hall–Kier alpha value is -0.610. The molecular weight excluding hydrogens is 202 g/mol. The maximum absolute atomic E-state index is 11.5. The van der Waals surface area contributed by atoms with Crippen LogP contribution >= 0.6 is 0 Å². The maximum Gasteiger partial charge on any atom is 0.219 e. The van der Waals surface area contributed by atoms with Crippen LogP contribution in [0.3, 0.4) is 0 Å². The van der Waals surface area contributed by atoms with Crippen LogP contribution in [-0.2, 0) is 4.79 Å². The van der Waals surface area contributed by atoms with Crippen molar-refractivity contribution in [3.63, 3.8) is 0 Å². The summed E-state index contributed by atoms with van der Waals surface area (Å²) in [5.74, 6) is 0.216. The van der Waals surface area contributed by atoms with Crippen molar-refractivity contribution in [3.05, 3.63) is 0 Å². The van der Waals surface area contributed by atoms with Crippen molar-refractivity contribution in [1.29, 1.82) is 0 Å². The van der Waals surface area contributed by atoms with E-state index in [0.29, 0.717) is 12.6 Å². The molecule has 0 unspecified atom stereocenters. The van der Waals surface area contributed by atoms with Crippen molar-refractivity contribution in [2.45, 2.75) is 39.2 Å². The summed E-state index contributed by atoms with van der Waals surface area (Å²) >= 11 is 0. The van der Waals surface area contributed by atoms with Crippen LogP contribution in [0.1, 0.15) is 33.1 Å². The highest BCUT2D eigenvalue weighted by atomic mass is 16.2. The topological polar surface area (TPSA) is 49.6 Å². The molecule has 1 atom stereocenters. The molecule has 0 aromatic carbocycles. The number of nitrogens with two attached hydrogens (primary N) is 1. The first-order valence-corrected chi connectivity index (χ1v) is 6.38. The molecule has 16 heavy (non-hydrogen) atoms. The molecule has 0 aliphatic carbocycles. The lowest BCUT2D eigenvalue weighted by atomic mass is 10.0. The molecule has 0 radical (unpaired) electrons. The zero-order chi connectivity index (χ0) is 12.0. The van der Waals surface area contributed by atoms with Gasteiger partial charge in [0, 0.05) is 39.1 Å². The van der Waals surface area contributed by atoms with E-state index < -0.39 is 0 Å². The molecule has 0 aromatic heterocycles. The second-order valence-corrected chi connectivity index (χ2v) is 4.54. The minimum absolute atomic E-state index is 0.216. The van der Waals surface area contributed by atoms with Gasteiger partial charge in [0.05, 0.1) is 0 Å². The highest BCUT2D eigenvalue weighted by Gasteiger charge is 2.25. The Morgan fingerprint density at radius 1 is 1.50 bits per heavy atom. The Labute approximate surface area is 98.8 Å². The molecule has 0 saturated carbocycles. The molecule has 0 aromatic rings. The Morgan fingerprint density at radius 2 is 2.25 bits per heavy atom. The highest BCUT2D eigenvalue weighted by molar-refractivity contribution is 5.73. The second-order valence-electron chi connectivity index (χ2n) is 4.54. The maximum atomic E-state index is 11.5. The van der Waals surface area contributed by atoms with Gasteiger partial charge in [0.1, 0.15) is 0 Å². The van der Waals surface area contributed by atoms with Crippen LogP contribution in [0.25, 0.3) is 0 Å². The molecule has 0 bridgehead atoms. The third-order valence-electron chi connectivity index (χ3n) is 3.39. The largest absolute Gasteiger partial charge is 0.339 e. The van der Waals surface area contributed by atoms with Gasteiger partial charge in [-0.15, -0.1) is 0 Å². The van der Waals surface area contributed by atoms with Gasteiger partial charge in [0.2, 0.25) is 5.91 Å². The van der Waals surface area contributed by atoms with E-state index in [1.165, 1.54) is 6.42 Å². The van der Waals surface area contributed by atoms with Crippen LogP contribution in [0.5, 0.6) is 0 Å². The number of likely N-dealkylation sites (N-methyl/N-ethyl adjacent to an activating group) is 1. The van der Waals surface area contributed by atoms with Gasteiger partial charge < -0.3 is 15.5 Å². The van der Waals surface area contributed by atoms with E-state index in [9.17, 15) is 4.79 Å². The number of carbonyl (C=O) groups is 1. The van der Waals surface area contributed by atoms with Gasteiger partial charge in [-0.05, 0) is 25.8 Å². The molecule has 1 saturated heterocycles. The Balaban J connectivity index is 2.50. The van der Waals surface area contributed by atoms with Gasteiger partial charge in [-0.1, -0.05) is 6.92 Å². The van der Waals surface area contributed by atoms with Crippen LogP contribution in [0.15, 0.2) is 0 Å². The number of rotatable bonds is 5. The van der Waals surface area contributed by atoms with Gasteiger partial charge in [-0.2, -0.15) is 0 Å². The molecule has 1 aliphatic heterocycles. The zero-order valence-corrected chi connectivity index (χ0v) is 10.6. The zero-order valence-electron chi connectivity index (χ0n) is 10.6. The molecule has 94 valence electrons. The fraction of sp³-hybridized carbons (Fsp3) is 0.917. The van der Waals surface area contributed by atoms with Crippen molar-refractivity contribution in [1.82, 2.24) is 9.80 Å². The van der Waals surface area contributed by atoms with Crippen molar-refractivity contribution in [3.8, 4) is 0 Å². The first-order valence-electron chi connectivity index (χ1n) is 6.38. The van der Waals surface area contributed by atoms with E-state index in [1.807, 2.05) is 4.90 Å². The lowest BCUT2D eigenvalue weighted by molar-refractivity contribution is -0.132. The standard InChI is InChI=1S/C12H25N3O/c1-3-14(9-7-13)10-12-6-4-5-8-15(12)11(2)16/h12H,3-10,13H2,1-2H3/t12-/m0/s1. The number of piperidine rings is 1. The molecule has 4 heteroatoms. The average molecular weight is 227 g/mol. The molecule has 4 nitrogen and oxygen atoms in total. The molecule has 0 spiro atoms. The van der Waals surface area contributed by atoms with Crippen molar-refractivity contribution in [2.75, 3.05) is 32.7 Å². The Bertz CT molecular complexity index is 220. The fourth-order valence-electron chi connectivity index (χ4n) is 2.46. The summed E-state index contributed by atoms with van der Waals surface area (Å²) < 4.78 is 0. The summed E-state index contributed by atoms with van der Waals surface area (Å²) in [7, 11) is 0. The second kappa shape index (κ2) is 6.86. The normalized spacial score (nSPS) is 21.5. The van der Waals surface area contributed by atoms with Crippen LogP contribution < -0.4 is 5.73 Å². The number of hydrogen-bond acceptors (Lipinski definition) is 3. The average Bonchev–Trinajstić information content (AvgIpc) is 2.29. The number of hydrogen-bond donors (Lipinski definition) is 1. The summed E-state index contributed by atoms with van der Waals surface area (Å²) in [5.41, 5.74) is 5.58. The van der Waals surface area contributed by atoms with E-state index in [0.717, 1.165) is 39.0 Å². The predicted molar refractivity (Wildman–Crippen MR) is 66.2 cm³/mol. The number of nitrogens with zero attached hydrogens (tertiary/aromatic N) is 2. The quantitative estimate of drug-likeness (QED) is 0.751. The third kappa shape index (κ3) is 3.76. The Morgan fingerprint density at radius 3 is 2.81 bits per heavy atom. The van der Waals surface area contributed by atoms with Gasteiger partial charge in [0.25, 0.3) is 0 Å². The SMILES string of the molecule is CCN(CCN)C[C@@H]1CCCCN1C(C)=O. The van der Waals surface area contributed by atoms with Gasteiger partial charge in [-0.3, -0.25) is 4.79 Å². The fourth-order valence-corrected chi connectivity index (χ4v) is 2.46. The predicted octanol–water partition coefficient (Wildman–Crippen LogP) is 0.668. The molecular formula is C12H25N3O. The first-order chi connectivity index (χ1) is 7.69. The van der Waals surface area contributed by atoms with E-state index in [2.05, 4.69) is 11.8 Å². The van der Waals surface area contributed by atoms with Gasteiger partial charge >= 0.3 is 0 Å². The highest BCUT2D eigenvalue weighted by Crippen LogP contribution is 2.17. The van der Waals surface area contributed by atoms with Crippen molar-refractivity contribution < 1.29 is 4.79 Å². The van der Waals surface area contributed by atoms with Gasteiger partial charge in [0.15, 0.2) is 0 Å². The molecule has 1 rings (SSSR count). The van der Waals surface area contributed by atoms with Crippen LogP contribution in [0, 0.1) is 0 Å². The molecule has 2 N–H and O–H groups in total. The van der Waals surface area contributed by atoms with Crippen molar-refractivity contribution in [2.24, 2.45) is 5.73 Å². The van der Waals surface area contributed by atoms with Crippen LogP contribution in [0.4, 0.5) is 0 Å². The minimum atomic E-state index is 0.216.